The molecule has 1 fully saturated rings. The maximum atomic E-state index is 5.71. The van der Waals surface area contributed by atoms with Crippen LogP contribution in [0.1, 0.15) is 38.5 Å². The summed E-state index contributed by atoms with van der Waals surface area (Å²) in [4.78, 5) is 2.40. The van der Waals surface area contributed by atoms with Crippen LogP contribution in [0.5, 0.6) is 0 Å². The van der Waals surface area contributed by atoms with Crippen molar-refractivity contribution in [3.05, 3.63) is 0 Å². The van der Waals surface area contributed by atoms with Crippen molar-refractivity contribution in [1.82, 2.24) is 4.90 Å². The summed E-state index contributed by atoms with van der Waals surface area (Å²) in [5.74, 6) is 0. The highest BCUT2D eigenvalue weighted by Gasteiger charge is 2.15. The molecular formula is C12H26N2O. The Labute approximate surface area is 94.0 Å². The van der Waals surface area contributed by atoms with Crippen LogP contribution in [0.4, 0.5) is 0 Å². The van der Waals surface area contributed by atoms with Crippen LogP contribution in [-0.4, -0.2) is 44.3 Å². The number of hydrogen-bond donors (Lipinski definition) is 1. The lowest BCUT2D eigenvalue weighted by Gasteiger charge is -2.27. The molecule has 0 saturated carbocycles. The molecule has 0 aliphatic carbocycles. The van der Waals surface area contributed by atoms with Crippen LogP contribution in [0.15, 0.2) is 0 Å². The van der Waals surface area contributed by atoms with Crippen LogP contribution in [0.25, 0.3) is 0 Å². The first-order valence-electron chi connectivity index (χ1n) is 6.33. The Morgan fingerprint density at radius 2 is 2.13 bits per heavy atom. The Kier molecular flexibility index (Phi) is 6.98. The van der Waals surface area contributed by atoms with Crippen LogP contribution in [0.3, 0.4) is 0 Å². The second-order valence-electron chi connectivity index (χ2n) is 4.60. The number of rotatable bonds is 7. The summed E-state index contributed by atoms with van der Waals surface area (Å²) >= 11 is 0. The van der Waals surface area contributed by atoms with E-state index in [9.17, 15) is 0 Å². The number of unbranched alkanes of at least 4 members (excludes halogenated alkanes) is 2. The van der Waals surface area contributed by atoms with Crippen LogP contribution in [0, 0.1) is 0 Å². The summed E-state index contributed by atoms with van der Waals surface area (Å²) in [7, 11) is 2.19. The molecule has 1 rings (SSSR count). The first-order valence-corrected chi connectivity index (χ1v) is 6.33. The largest absolute Gasteiger partial charge is 0.377 e. The van der Waals surface area contributed by atoms with Crippen LogP contribution in [0.2, 0.25) is 0 Å². The molecule has 0 spiro atoms. The first kappa shape index (κ1) is 12.9. The molecule has 90 valence electrons. The van der Waals surface area contributed by atoms with Crippen molar-refractivity contribution in [3.63, 3.8) is 0 Å². The molecule has 3 heteroatoms. The number of nitrogens with two attached hydrogens (primary N) is 1. The zero-order valence-electron chi connectivity index (χ0n) is 10.1. The highest BCUT2D eigenvalue weighted by atomic mass is 16.5. The normalized spacial score (nSPS) is 22.2. The molecule has 2 N–H and O–H groups in total. The predicted octanol–water partition coefficient (Wildman–Crippen LogP) is 1.62. The molecule has 1 atom stereocenters. The molecule has 1 aliphatic heterocycles. The molecule has 1 aliphatic rings. The van der Waals surface area contributed by atoms with Gasteiger partial charge in [0, 0.05) is 13.2 Å². The summed E-state index contributed by atoms with van der Waals surface area (Å²) in [6.45, 7) is 4.07. The SMILES string of the molecule is CN(CCCCCN)CC1CCCCO1. The third-order valence-electron chi connectivity index (χ3n) is 3.03. The maximum absolute atomic E-state index is 5.71. The maximum Gasteiger partial charge on any atom is 0.0701 e. The Morgan fingerprint density at radius 1 is 1.27 bits per heavy atom. The summed E-state index contributed by atoms with van der Waals surface area (Å²) in [6, 6.07) is 0. The van der Waals surface area contributed by atoms with Gasteiger partial charge in [0.05, 0.1) is 6.10 Å². The van der Waals surface area contributed by atoms with Gasteiger partial charge in [0.2, 0.25) is 0 Å². The average Bonchev–Trinajstić information content (AvgIpc) is 2.26. The molecule has 15 heavy (non-hydrogen) atoms. The molecule has 0 radical (unpaired) electrons. The molecule has 1 unspecified atom stereocenters. The Bertz CT molecular complexity index is 147. The van der Waals surface area contributed by atoms with E-state index in [2.05, 4.69) is 11.9 Å². The fourth-order valence-corrected chi connectivity index (χ4v) is 2.09. The van der Waals surface area contributed by atoms with E-state index >= 15 is 0 Å². The van der Waals surface area contributed by atoms with Crippen molar-refractivity contribution in [2.75, 3.05) is 33.3 Å². The molecule has 1 heterocycles. The monoisotopic (exact) mass is 214 g/mol. The molecule has 0 aromatic rings. The van der Waals surface area contributed by atoms with Crippen LogP contribution < -0.4 is 5.73 Å². The first-order chi connectivity index (χ1) is 7.33. The third-order valence-corrected chi connectivity index (χ3v) is 3.03. The quantitative estimate of drug-likeness (QED) is 0.654. The van der Waals surface area contributed by atoms with Gasteiger partial charge < -0.3 is 15.4 Å². The second-order valence-corrected chi connectivity index (χ2v) is 4.60. The number of ether oxygens (including phenoxy) is 1. The van der Waals surface area contributed by atoms with Crippen molar-refractivity contribution < 1.29 is 4.74 Å². The lowest BCUT2D eigenvalue weighted by molar-refractivity contribution is -0.00160. The summed E-state index contributed by atoms with van der Waals surface area (Å²) < 4.78 is 5.71. The molecule has 1 saturated heterocycles. The van der Waals surface area contributed by atoms with Gasteiger partial charge in [0.25, 0.3) is 0 Å². The van der Waals surface area contributed by atoms with E-state index in [-0.39, 0.29) is 0 Å². The van der Waals surface area contributed by atoms with E-state index < -0.39 is 0 Å². The standard InChI is InChI=1S/C12H26N2O/c1-14(9-5-2-4-8-13)11-12-7-3-6-10-15-12/h12H,2-11,13H2,1H3. The van der Waals surface area contributed by atoms with E-state index in [0.717, 1.165) is 26.1 Å². The van der Waals surface area contributed by atoms with Crippen molar-refractivity contribution in [2.24, 2.45) is 5.73 Å². The predicted molar refractivity (Wildman–Crippen MR) is 64.0 cm³/mol. The van der Waals surface area contributed by atoms with Gasteiger partial charge in [-0.05, 0) is 52.2 Å². The van der Waals surface area contributed by atoms with E-state index in [4.69, 9.17) is 10.5 Å². The topological polar surface area (TPSA) is 38.5 Å². The zero-order valence-corrected chi connectivity index (χ0v) is 10.1. The molecule has 0 aromatic carbocycles. The molecular weight excluding hydrogens is 188 g/mol. The average molecular weight is 214 g/mol. The molecule has 0 bridgehead atoms. The molecule has 3 nitrogen and oxygen atoms in total. The van der Waals surface area contributed by atoms with E-state index in [1.165, 1.54) is 38.6 Å². The Balaban J connectivity index is 1.98. The minimum atomic E-state index is 0.484. The Hall–Kier alpha value is -0.120. The summed E-state index contributed by atoms with van der Waals surface area (Å²) in [5.41, 5.74) is 5.46. The van der Waals surface area contributed by atoms with E-state index in [0.29, 0.717) is 6.10 Å². The third kappa shape index (κ3) is 6.13. The number of hydrogen-bond acceptors (Lipinski definition) is 3. The zero-order chi connectivity index (χ0) is 10.9. The van der Waals surface area contributed by atoms with Gasteiger partial charge in [-0.15, -0.1) is 0 Å². The van der Waals surface area contributed by atoms with Gasteiger partial charge in [-0.3, -0.25) is 0 Å². The fraction of sp³-hybridized carbons (Fsp3) is 1.00. The lowest BCUT2D eigenvalue weighted by atomic mass is 10.1. The smallest absolute Gasteiger partial charge is 0.0701 e. The van der Waals surface area contributed by atoms with Crippen molar-refractivity contribution in [2.45, 2.75) is 44.6 Å². The van der Waals surface area contributed by atoms with Crippen molar-refractivity contribution in [1.29, 1.82) is 0 Å². The van der Waals surface area contributed by atoms with E-state index in [1.54, 1.807) is 0 Å². The van der Waals surface area contributed by atoms with Crippen molar-refractivity contribution in [3.8, 4) is 0 Å². The van der Waals surface area contributed by atoms with Gasteiger partial charge in [0.15, 0.2) is 0 Å². The van der Waals surface area contributed by atoms with Gasteiger partial charge >= 0.3 is 0 Å². The minimum Gasteiger partial charge on any atom is -0.377 e. The Morgan fingerprint density at radius 3 is 2.80 bits per heavy atom. The number of likely N-dealkylation sites (N-methyl/N-ethyl adjacent to an activating group) is 1. The van der Waals surface area contributed by atoms with Crippen LogP contribution in [-0.2, 0) is 4.74 Å². The molecule has 0 aromatic heterocycles. The minimum absolute atomic E-state index is 0.484. The summed E-state index contributed by atoms with van der Waals surface area (Å²) in [6.07, 6.45) is 7.99. The lowest BCUT2D eigenvalue weighted by Crippen LogP contribution is -2.33. The van der Waals surface area contributed by atoms with Gasteiger partial charge in [-0.1, -0.05) is 6.42 Å². The second kappa shape index (κ2) is 8.08. The number of nitrogens with zero attached hydrogens (tertiary/aromatic N) is 1. The van der Waals surface area contributed by atoms with Gasteiger partial charge in [-0.2, -0.15) is 0 Å². The van der Waals surface area contributed by atoms with E-state index in [1.807, 2.05) is 0 Å². The van der Waals surface area contributed by atoms with Crippen LogP contribution >= 0.6 is 0 Å². The van der Waals surface area contributed by atoms with Gasteiger partial charge in [0.1, 0.15) is 0 Å². The highest BCUT2D eigenvalue weighted by molar-refractivity contribution is 4.67. The summed E-state index contributed by atoms with van der Waals surface area (Å²) in [5, 5.41) is 0. The van der Waals surface area contributed by atoms with Crippen molar-refractivity contribution >= 4 is 0 Å². The molecule has 0 amide bonds. The van der Waals surface area contributed by atoms with Gasteiger partial charge in [-0.25, -0.2) is 0 Å². The fourth-order valence-electron chi connectivity index (χ4n) is 2.09. The highest BCUT2D eigenvalue weighted by Crippen LogP contribution is 2.13.